The van der Waals surface area contributed by atoms with Gasteiger partial charge in [-0.15, -0.1) is 24.8 Å². The van der Waals surface area contributed by atoms with Crippen LogP contribution >= 0.6 is 24.8 Å². The van der Waals surface area contributed by atoms with Crippen molar-refractivity contribution in [3.8, 4) is 0 Å². The molecule has 0 aromatic heterocycles. The zero-order valence-electron chi connectivity index (χ0n) is 22.9. The molecule has 2 fully saturated rings. The number of likely N-dealkylation sites (tertiary alicyclic amines) is 2. The Morgan fingerprint density at radius 1 is 0.878 bits per heavy atom. The van der Waals surface area contributed by atoms with Crippen molar-refractivity contribution >= 4 is 30.7 Å². The molecule has 2 aliphatic heterocycles. The molecule has 4 rings (SSSR count). The minimum Gasteiger partial charge on any atom is -0.344 e. The van der Waals surface area contributed by atoms with Crippen LogP contribution in [-0.2, 0) is 23.6 Å². The van der Waals surface area contributed by atoms with E-state index in [1.54, 1.807) is 0 Å². The van der Waals surface area contributed by atoms with Crippen molar-refractivity contribution < 1.29 is 31.1 Å². The summed E-state index contributed by atoms with van der Waals surface area (Å²) >= 11 is 0. The number of carbonyl (C=O) groups excluding carboxylic acids is 1. The Morgan fingerprint density at radius 3 is 2.05 bits per heavy atom. The van der Waals surface area contributed by atoms with Crippen molar-refractivity contribution in [3.63, 3.8) is 0 Å². The standard InChI is InChI=1S/C29H35F6N3O.2ClH/c1-36(17-12-21-10-11-23(28(30,31)32)20-25(21)29(33,34)35)27(39)26(22-8-4-2-5-9-22)38-18-13-24(14-19-38)37-15-6-3-7-16-37;;/h2,4-5,8-11,20,24,26H,3,6-7,12-19H2,1H3;2*1H. The van der Waals surface area contributed by atoms with Crippen molar-refractivity contribution in [2.45, 2.75) is 63.0 Å². The molecule has 2 heterocycles. The van der Waals surface area contributed by atoms with E-state index in [9.17, 15) is 31.1 Å². The van der Waals surface area contributed by atoms with Crippen LogP contribution in [0.2, 0.25) is 0 Å². The predicted octanol–water partition coefficient (Wildman–Crippen LogP) is 7.26. The summed E-state index contributed by atoms with van der Waals surface area (Å²) in [4.78, 5) is 19.8. The third kappa shape index (κ3) is 8.99. The van der Waals surface area contributed by atoms with Gasteiger partial charge in [0.2, 0.25) is 5.91 Å². The van der Waals surface area contributed by atoms with Gasteiger partial charge in [0.15, 0.2) is 0 Å². The lowest BCUT2D eigenvalue weighted by Crippen LogP contribution is -2.50. The van der Waals surface area contributed by atoms with Gasteiger partial charge in [-0.25, -0.2) is 0 Å². The molecule has 1 amide bonds. The second-order valence-electron chi connectivity index (χ2n) is 10.6. The van der Waals surface area contributed by atoms with Gasteiger partial charge >= 0.3 is 12.4 Å². The minimum absolute atomic E-state index is 0. The molecule has 2 aromatic rings. The second kappa shape index (κ2) is 14.9. The van der Waals surface area contributed by atoms with Gasteiger partial charge in [-0.05, 0) is 68.5 Å². The monoisotopic (exact) mass is 627 g/mol. The van der Waals surface area contributed by atoms with Gasteiger partial charge in [-0.2, -0.15) is 26.3 Å². The molecule has 1 atom stereocenters. The number of benzene rings is 2. The Bertz CT molecular complexity index is 1100. The maximum Gasteiger partial charge on any atom is 0.416 e. The van der Waals surface area contributed by atoms with E-state index in [1.807, 2.05) is 30.3 Å². The van der Waals surface area contributed by atoms with Gasteiger partial charge in [0.25, 0.3) is 0 Å². The summed E-state index contributed by atoms with van der Waals surface area (Å²) in [6, 6.07) is 10.9. The molecule has 230 valence electrons. The molecule has 12 heteroatoms. The molecule has 4 nitrogen and oxygen atoms in total. The highest BCUT2D eigenvalue weighted by molar-refractivity contribution is 5.85. The lowest BCUT2D eigenvalue weighted by Gasteiger charge is -2.43. The largest absolute Gasteiger partial charge is 0.416 e. The summed E-state index contributed by atoms with van der Waals surface area (Å²) in [6.07, 6.45) is -4.45. The fourth-order valence-electron chi connectivity index (χ4n) is 5.78. The number of piperidine rings is 2. The van der Waals surface area contributed by atoms with Crippen LogP contribution in [0, 0.1) is 0 Å². The van der Waals surface area contributed by atoms with Crippen LogP contribution in [0.5, 0.6) is 0 Å². The topological polar surface area (TPSA) is 26.8 Å². The quantitative estimate of drug-likeness (QED) is 0.302. The van der Waals surface area contributed by atoms with Crippen molar-refractivity contribution in [1.29, 1.82) is 0 Å². The zero-order chi connectivity index (χ0) is 28.2. The number of likely N-dealkylation sites (N-methyl/N-ethyl adjacent to an activating group) is 1. The Kier molecular flexibility index (Phi) is 12.8. The zero-order valence-corrected chi connectivity index (χ0v) is 24.5. The third-order valence-electron chi connectivity index (χ3n) is 7.96. The van der Waals surface area contributed by atoms with Crippen LogP contribution in [0.4, 0.5) is 26.3 Å². The number of halogens is 8. The summed E-state index contributed by atoms with van der Waals surface area (Å²) in [7, 11) is 1.54. The fraction of sp³-hybridized carbons (Fsp3) is 0.552. The van der Waals surface area contributed by atoms with Gasteiger partial charge in [0, 0.05) is 32.7 Å². The van der Waals surface area contributed by atoms with E-state index in [-0.39, 0.29) is 55.3 Å². The molecule has 2 aromatic carbocycles. The molecule has 0 N–H and O–H groups in total. The Morgan fingerprint density at radius 2 is 1.49 bits per heavy atom. The van der Waals surface area contributed by atoms with Crippen LogP contribution in [0.1, 0.15) is 60.4 Å². The Balaban J connectivity index is 0.00000294. The number of nitrogens with zero attached hydrogens (tertiary/aromatic N) is 3. The van der Waals surface area contributed by atoms with Crippen molar-refractivity contribution in [3.05, 3.63) is 70.8 Å². The first-order chi connectivity index (χ1) is 18.4. The molecule has 0 aliphatic carbocycles. The molecule has 0 radical (unpaired) electrons. The van der Waals surface area contributed by atoms with Crippen molar-refractivity contribution in [2.24, 2.45) is 0 Å². The first-order valence-electron chi connectivity index (χ1n) is 13.5. The third-order valence-corrected chi connectivity index (χ3v) is 7.96. The molecular weight excluding hydrogens is 591 g/mol. The average molecular weight is 629 g/mol. The van der Waals surface area contributed by atoms with Crippen LogP contribution in [-0.4, -0.2) is 66.4 Å². The number of amides is 1. The number of hydrogen-bond acceptors (Lipinski definition) is 3. The van der Waals surface area contributed by atoms with Crippen molar-refractivity contribution in [2.75, 3.05) is 39.8 Å². The van der Waals surface area contributed by atoms with E-state index in [0.717, 1.165) is 50.7 Å². The minimum atomic E-state index is -4.94. The number of alkyl halides is 6. The normalized spacial score (nSPS) is 18.2. The number of carbonyl (C=O) groups is 1. The van der Waals surface area contributed by atoms with Crippen LogP contribution in [0.15, 0.2) is 48.5 Å². The smallest absolute Gasteiger partial charge is 0.344 e. The molecule has 41 heavy (non-hydrogen) atoms. The maximum atomic E-state index is 13.7. The Hall–Kier alpha value is -2.01. The van der Waals surface area contributed by atoms with Gasteiger partial charge in [0.1, 0.15) is 6.04 Å². The highest BCUT2D eigenvalue weighted by Gasteiger charge is 2.39. The summed E-state index contributed by atoms with van der Waals surface area (Å²) in [6.45, 7) is 3.63. The molecular formula is C29H37Cl2F6N3O. The second-order valence-corrected chi connectivity index (χ2v) is 10.6. The lowest BCUT2D eigenvalue weighted by molar-refractivity contribution is -0.143. The maximum absolute atomic E-state index is 13.7. The van der Waals surface area contributed by atoms with E-state index in [0.29, 0.717) is 12.1 Å². The summed E-state index contributed by atoms with van der Waals surface area (Å²) < 4.78 is 79.9. The van der Waals surface area contributed by atoms with E-state index in [1.165, 1.54) is 31.2 Å². The van der Waals surface area contributed by atoms with Crippen LogP contribution < -0.4 is 0 Å². The van der Waals surface area contributed by atoms with E-state index >= 15 is 0 Å². The first kappa shape index (κ1) is 35.2. The summed E-state index contributed by atoms with van der Waals surface area (Å²) in [5, 5.41) is 0. The Labute approximate surface area is 249 Å². The summed E-state index contributed by atoms with van der Waals surface area (Å²) in [5.41, 5.74) is -2.12. The van der Waals surface area contributed by atoms with Gasteiger partial charge in [-0.3, -0.25) is 9.69 Å². The van der Waals surface area contributed by atoms with E-state index in [2.05, 4.69) is 9.80 Å². The first-order valence-corrected chi connectivity index (χ1v) is 13.5. The highest BCUT2D eigenvalue weighted by Crippen LogP contribution is 2.37. The molecule has 2 saturated heterocycles. The molecule has 2 aliphatic rings. The van der Waals surface area contributed by atoms with E-state index in [4.69, 9.17) is 0 Å². The number of hydrogen-bond donors (Lipinski definition) is 0. The van der Waals surface area contributed by atoms with Gasteiger partial charge in [0.05, 0.1) is 11.1 Å². The van der Waals surface area contributed by atoms with Crippen LogP contribution in [0.25, 0.3) is 0 Å². The summed E-state index contributed by atoms with van der Waals surface area (Å²) in [5.74, 6) is -0.238. The van der Waals surface area contributed by atoms with E-state index < -0.39 is 29.5 Å². The predicted molar refractivity (Wildman–Crippen MR) is 151 cm³/mol. The number of rotatable bonds is 7. The van der Waals surface area contributed by atoms with Gasteiger partial charge < -0.3 is 9.80 Å². The van der Waals surface area contributed by atoms with Gasteiger partial charge in [-0.1, -0.05) is 42.8 Å². The highest BCUT2D eigenvalue weighted by atomic mass is 35.5. The SMILES string of the molecule is CN(CCc1ccc(C(F)(F)F)cc1C(F)(F)F)C(=O)C(c1ccccc1)N1CCC(N2CCCCC2)CC1.Cl.Cl. The molecule has 0 saturated carbocycles. The average Bonchev–Trinajstić information content (AvgIpc) is 2.92. The van der Waals surface area contributed by atoms with Crippen LogP contribution in [0.3, 0.4) is 0 Å². The fourth-order valence-corrected chi connectivity index (χ4v) is 5.78. The lowest BCUT2D eigenvalue weighted by atomic mass is 9.96. The molecule has 0 bridgehead atoms. The molecule has 1 unspecified atom stereocenters. The molecule has 0 spiro atoms. The van der Waals surface area contributed by atoms with Crippen molar-refractivity contribution in [1.82, 2.24) is 14.7 Å².